The first-order chi connectivity index (χ1) is 6.24. The third-order valence-corrected chi connectivity index (χ3v) is 3.76. The van der Waals surface area contributed by atoms with Gasteiger partial charge in [-0.25, -0.2) is 0 Å². The Hall–Kier alpha value is -0.510. The molecule has 0 radical (unpaired) electrons. The van der Waals surface area contributed by atoms with Crippen molar-refractivity contribution in [2.24, 2.45) is 0 Å². The molecule has 0 bridgehead atoms. The maximum absolute atomic E-state index is 9.10. The molecule has 2 rings (SSSR count). The zero-order chi connectivity index (χ0) is 9.42. The zero-order valence-corrected chi connectivity index (χ0v) is 8.95. The lowest BCUT2D eigenvalue weighted by Gasteiger charge is -2.05. The van der Waals surface area contributed by atoms with Crippen LogP contribution in [0.25, 0.3) is 10.1 Å². The molecule has 2 aromatic rings. The van der Waals surface area contributed by atoms with E-state index in [1.165, 1.54) is 15.6 Å². The molecule has 0 unspecified atom stereocenters. The van der Waals surface area contributed by atoms with Gasteiger partial charge in [-0.3, -0.25) is 0 Å². The van der Waals surface area contributed by atoms with Crippen LogP contribution in [-0.4, -0.2) is 5.11 Å². The summed E-state index contributed by atoms with van der Waals surface area (Å²) in [6, 6.07) is 4.09. The zero-order valence-electron chi connectivity index (χ0n) is 7.24. The highest BCUT2D eigenvalue weighted by atomic mass is 32.1. The van der Waals surface area contributed by atoms with Gasteiger partial charge in [0.15, 0.2) is 0 Å². The van der Waals surface area contributed by atoms with E-state index in [4.69, 9.17) is 5.11 Å². The second kappa shape index (κ2) is 3.33. The summed E-state index contributed by atoms with van der Waals surface area (Å²) in [6.07, 6.45) is 0. The summed E-state index contributed by atoms with van der Waals surface area (Å²) < 4.78 is 1.17. The van der Waals surface area contributed by atoms with Crippen molar-refractivity contribution in [3.63, 3.8) is 0 Å². The first-order valence-corrected chi connectivity index (χ1v) is 5.36. The van der Waals surface area contributed by atoms with Crippen LogP contribution in [0.2, 0.25) is 0 Å². The van der Waals surface area contributed by atoms with Gasteiger partial charge < -0.3 is 5.11 Å². The van der Waals surface area contributed by atoms with Crippen molar-refractivity contribution in [3.05, 3.63) is 28.6 Å². The summed E-state index contributed by atoms with van der Waals surface area (Å²) >= 11 is 6.08. The van der Waals surface area contributed by atoms with Crippen molar-refractivity contribution < 1.29 is 5.11 Å². The van der Waals surface area contributed by atoms with Crippen molar-refractivity contribution in [1.82, 2.24) is 0 Å². The highest BCUT2D eigenvalue weighted by Gasteiger charge is 2.07. The average molecular weight is 210 g/mol. The summed E-state index contributed by atoms with van der Waals surface area (Å²) in [7, 11) is 0. The molecule has 1 nitrogen and oxygen atoms in total. The predicted octanol–water partition coefficient (Wildman–Crippen LogP) is 2.99. The number of rotatable bonds is 1. The third-order valence-electron chi connectivity index (χ3n) is 2.17. The number of thiophene rings is 1. The van der Waals surface area contributed by atoms with Crippen LogP contribution in [0.3, 0.4) is 0 Å². The van der Waals surface area contributed by atoms with Crippen LogP contribution in [0.5, 0.6) is 0 Å². The van der Waals surface area contributed by atoms with E-state index in [-0.39, 0.29) is 6.61 Å². The van der Waals surface area contributed by atoms with E-state index >= 15 is 0 Å². The van der Waals surface area contributed by atoms with Crippen LogP contribution in [0.15, 0.2) is 22.4 Å². The minimum absolute atomic E-state index is 0.0630. The molecule has 1 aromatic heterocycles. The maximum atomic E-state index is 9.10. The second-order valence-electron chi connectivity index (χ2n) is 3.02. The molecule has 0 aliphatic carbocycles. The number of aryl methyl sites for hydroxylation is 1. The Labute approximate surface area is 86.4 Å². The molecule has 0 aliphatic rings. The number of aliphatic hydroxyl groups excluding tert-OH is 1. The SMILES string of the molecule is Cc1cc(CO)c(S)c2sccc12. The molecular formula is C10H10OS2. The monoisotopic (exact) mass is 210 g/mol. The van der Waals surface area contributed by atoms with E-state index < -0.39 is 0 Å². The summed E-state index contributed by atoms with van der Waals surface area (Å²) in [5, 5.41) is 12.4. The third kappa shape index (κ3) is 1.37. The molecule has 13 heavy (non-hydrogen) atoms. The Morgan fingerprint density at radius 3 is 3.00 bits per heavy atom. The normalized spacial score (nSPS) is 11.0. The smallest absolute Gasteiger partial charge is 0.0693 e. The van der Waals surface area contributed by atoms with E-state index in [1.807, 2.05) is 6.07 Å². The summed E-state index contributed by atoms with van der Waals surface area (Å²) in [6.45, 7) is 2.12. The van der Waals surface area contributed by atoms with E-state index in [1.54, 1.807) is 11.3 Å². The number of hydrogen-bond acceptors (Lipinski definition) is 3. The van der Waals surface area contributed by atoms with Gasteiger partial charge in [0.05, 0.1) is 6.61 Å². The first kappa shape index (κ1) is 9.06. The van der Waals surface area contributed by atoms with Crippen LogP contribution in [0.4, 0.5) is 0 Å². The molecule has 0 saturated heterocycles. The fraction of sp³-hybridized carbons (Fsp3) is 0.200. The lowest BCUT2D eigenvalue weighted by Crippen LogP contribution is -1.87. The molecule has 0 saturated carbocycles. The number of aliphatic hydroxyl groups is 1. The fourth-order valence-electron chi connectivity index (χ4n) is 1.48. The molecule has 0 atom stereocenters. The second-order valence-corrected chi connectivity index (χ2v) is 4.39. The molecular weight excluding hydrogens is 200 g/mol. The molecule has 1 N–H and O–H groups in total. The quantitative estimate of drug-likeness (QED) is 0.693. The van der Waals surface area contributed by atoms with Crippen LogP contribution >= 0.6 is 24.0 Å². The summed E-state index contributed by atoms with van der Waals surface area (Å²) in [5.74, 6) is 0. The Kier molecular flexibility index (Phi) is 2.32. The molecule has 1 aromatic carbocycles. The molecule has 0 amide bonds. The molecule has 1 heterocycles. The van der Waals surface area contributed by atoms with Crippen molar-refractivity contribution >= 4 is 34.1 Å². The van der Waals surface area contributed by atoms with Gasteiger partial charge in [0.1, 0.15) is 0 Å². The van der Waals surface area contributed by atoms with E-state index in [0.29, 0.717) is 0 Å². The predicted molar refractivity (Wildman–Crippen MR) is 59.7 cm³/mol. The van der Waals surface area contributed by atoms with E-state index in [0.717, 1.165) is 10.5 Å². The maximum Gasteiger partial charge on any atom is 0.0693 e. The van der Waals surface area contributed by atoms with Gasteiger partial charge in [0.25, 0.3) is 0 Å². The highest BCUT2D eigenvalue weighted by Crippen LogP contribution is 2.32. The van der Waals surface area contributed by atoms with E-state index in [2.05, 4.69) is 31.0 Å². The molecule has 0 aliphatic heterocycles. The van der Waals surface area contributed by atoms with Gasteiger partial charge in [-0.15, -0.1) is 24.0 Å². The van der Waals surface area contributed by atoms with Gasteiger partial charge in [0, 0.05) is 9.60 Å². The number of hydrogen-bond donors (Lipinski definition) is 2. The Morgan fingerprint density at radius 2 is 2.31 bits per heavy atom. The molecule has 0 spiro atoms. The van der Waals surface area contributed by atoms with Crippen molar-refractivity contribution in [3.8, 4) is 0 Å². The molecule has 3 heteroatoms. The standard InChI is InChI=1S/C10H10OS2/c1-6-4-7(5-11)9(12)10-8(6)2-3-13-10/h2-4,11-12H,5H2,1H3. The molecule has 0 fully saturated rings. The van der Waals surface area contributed by atoms with Gasteiger partial charge >= 0.3 is 0 Å². The van der Waals surface area contributed by atoms with Crippen LogP contribution < -0.4 is 0 Å². The Morgan fingerprint density at radius 1 is 1.54 bits per heavy atom. The van der Waals surface area contributed by atoms with Gasteiger partial charge in [-0.2, -0.15) is 0 Å². The lowest BCUT2D eigenvalue weighted by atomic mass is 10.1. The van der Waals surface area contributed by atoms with Crippen LogP contribution in [0.1, 0.15) is 11.1 Å². The topological polar surface area (TPSA) is 20.2 Å². The average Bonchev–Trinajstić information content (AvgIpc) is 2.60. The number of fused-ring (bicyclic) bond motifs is 1. The summed E-state index contributed by atoms with van der Waals surface area (Å²) in [5.41, 5.74) is 2.12. The summed E-state index contributed by atoms with van der Waals surface area (Å²) in [4.78, 5) is 0.915. The van der Waals surface area contributed by atoms with Crippen LogP contribution in [0, 0.1) is 6.92 Å². The van der Waals surface area contributed by atoms with Crippen molar-refractivity contribution in [2.75, 3.05) is 0 Å². The minimum atomic E-state index is 0.0630. The largest absolute Gasteiger partial charge is 0.392 e. The highest BCUT2D eigenvalue weighted by molar-refractivity contribution is 7.80. The van der Waals surface area contributed by atoms with E-state index in [9.17, 15) is 0 Å². The first-order valence-electron chi connectivity index (χ1n) is 4.03. The van der Waals surface area contributed by atoms with Crippen LogP contribution in [-0.2, 0) is 6.61 Å². The van der Waals surface area contributed by atoms with Crippen molar-refractivity contribution in [1.29, 1.82) is 0 Å². The number of thiol groups is 1. The van der Waals surface area contributed by atoms with Gasteiger partial charge in [-0.05, 0) is 34.9 Å². The van der Waals surface area contributed by atoms with Gasteiger partial charge in [0.2, 0.25) is 0 Å². The lowest BCUT2D eigenvalue weighted by molar-refractivity contribution is 0.279. The Balaban J connectivity index is 2.85. The molecule has 68 valence electrons. The Bertz CT molecular complexity index is 445. The fourth-order valence-corrected chi connectivity index (χ4v) is 2.83. The van der Waals surface area contributed by atoms with Gasteiger partial charge in [-0.1, -0.05) is 6.07 Å². The van der Waals surface area contributed by atoms with Crippen molar-refractivity contribution in [2.45, 2.75) is 18.4 Å². The minimum Gasteiger partial charge on any atom is -0.392 e. The number of benzene rings is 1.